The number of aliphatic imine (C=N–C) groups is 1. The van der Waals surface area contributed by atoms with Gasteiger partial charge >= 0.3 is 0 Å². The molecule has 0 bridgehead atoms. The molecule has 1 aromatic carbocycles. The number of rotatable bonds is 7. The highest BCUT2D eigenvalue weighted by atomic mass is 32.2. The van der Waals surface area contributed by atoms with Gasteiger partial charge in [0.05, 0.1) is 12.3 Å². The first kappa shape index (κ1) is 17.7. The van der Waals surface area contributed by atoms with E-state index < -0.39 is 10.0 Å². The SMILES string of the molecule is NC(=NCCS(=O)(=O)NCc1ccccc1)NC1CCCCC1. The molecule has 1 fully saturated rings. The lowest BCUT2D eigenvalue weighted by Crippen LogP contribution is -2.41. The van der Waals surface area contributed by atoms with Gasteiger partial charge in [0, 0.05) is 12.6 Å². The van der Waals surface area contributed by atoms with E-state index in [0.29, 0.717) is 18.5 Å². The summed E-state index contributed by atoms with van der Waals surface area (Å²) in [5, 5.41) is 3.18. The Morgan fingerprint density at radius 3 is 2.57 bits per heavy atom. The van der Waals surface area contributed by atoms with Crippen LogP contribution in [0.3, 0.4) is 0 Å². The summed E-state index contributed by atoms with van der Waals surface area (Å²) in [6, 6.07) is 9.80. The van der Waals surface area contributed by atoms with E-state index in [1.165, 1.54) is 19.3 Å². The summed E-state index contributed by atoms with van der Waals surface area (Å²) >= 11 is 0. The lowest BCUT2D eigenvalue weighted by atomic mass is 9.96. The van der Waals surface area contributed by atoms with Gasteiger partial charge in [-0.2, -0.15) is 0 Å². The van der Waals surface area contributed by atoms with Crippen LogP contribution in [0.2, 0.25) is 0 Å². The molecule has 0 unspecified atom stereocenters. The average molecular weight is 338 g/mol. The summed E-state index contributed by atoms with van der Waals surface area (Å²) in [5.74, 6) is 0.280. The number of nitrogens with one attached hydrogen (secondary N) is 2. The van der Waals surface area contributed by atoms with Crippen molar-refractivity contribution in [3.63, 3.8) is 0 Å². The van der Waals surface area contributed by atoms with Crippen molar-refractivity contribution in [2.45, 2.75) is 44.7 Å². The van der Waals surface area contributed by atoms with E-state index in [-0.39, 0.29) is 12.3 Å². The van der Waals surface area contributed by atoms with Gasteiger partial charge in [-0.3, -0.25) is 4.99 Å². The summed E-state index contributed by atoms with van der Waals surface area (Å²) < 4.78 is 26.4. The number of nitrogens with zero attached hydrogens (tertiary/aromatic N) is 1. The van der Waals surface area contributed by atoms with Gasteiger partial charge in [-0.15, -0.1) is 0 Å². The Labute approximate surface area is 138 Å². The zero-order chi connectivity index (χ0) is 16.5. The van der Waals surface area contributed by atoms with Gasteiger partial charge in [-0.05, 0) is 18.4 Å². The van der Waals surface area contributed by atoms with Crippen molar-refractivity contribution in [1.29, 1.82) is 0 Å². The molecular formula is C16H26N4O2S. The van der Waals surface area contributed by atoms with Crippen molar-refractivity contribution >= 4 is 16.0 Å². The molecule has 128 valence electrons. The van der Waals surface area contributed by atoms with Gasteiger partial charge in [-0.1, -0.05) is 49.6 Å². The van der Waals surface area contributed by atoms with Gasteiger partial charge in [0.1, 0.15) is 0 Å². The van der Waals surface area contributed by atoms with Crippen molar-refractivity contribution in [2.24, 2.45) is 10.7 Å². The maximum absolute atomic E-state index is 11.9. The van der Waals surface area contributed by atoms with Gasteiger partial charge in [-0.25, -0.2) is 13.1 Å². The zero-order valence-corrected chi connectivity index (χ0v) is 14.2. The highest BCUT2D eigenvalue weighted by molar-refractivity contribution is 7.89. The second-order valence-electron chi connectivity index (χ2n) is 5.87. The highest BCUT2D eigenvalue weighted by Crippen LogP contribution is 2.16. The number of hydrogen-bond donors (Lipinski definition) is 3. The van der Waals surface area contributed by atoms with Crippen molar-refractivity contribution in [3.05, 3.63) is 35.9 Å². The fourth-order valence-corrected chi connectivity index (χ4v) is 3.51. The van der Waals surface area contributed by atoms with E-state index in [2.05, 4.69) is 15.0 Å². The minimum atomic E-state index is -3.35. The van der Waals surface area contributed by atoms with Crippen molar-refractivity contribution in [3.8, 4) is 0 Å². The molecule has 0 heterocycles. The molecule has 1 aliphatic rings. The predicted octanol–water partition coefficient (Wildman–Crippen LogP) is 1.34. The second-order valence-corrected chi connectivity index (χ2v) is 7.80. The third-order valence-electron chi connectivity index (χ3n) is 3.94. The first-order valence-electron chi connectivity index (χ1n) is 8.13. The maximum Gasteiger partial charge on any atom is 0.213 e. The first-order chi connectivity index (χ1) is 11.1. The molecule has 1 aliphatic carbocycles. The van der Waals surface area contributed by atoms with Crippen LogP contribution in [0.15, 0.2) is 35.3 Å². The summed E-state index contributed by atoms with van der Waals surface area (Å²) in [4.78, 5) is 4.12. The van der Waals surface area contributed by atoms with E-state index in [9.17, 15) is 8.42 Å². The zero-order valence-electron chi connectivity index (χ0n) is 13.4. The minimum absolute atomic E-state index is 0.0626. The van der Waals surface area contributed by atoms with E-state index in [1.807, 2.05) is 30.3 Å². The third-order valence-corrected chi connectivity index (χ3v) is 5.24. The quantitative estimate of drug-likeness (QED) is 0.516. The van der Waals surface area contributed by atoms with Crippen LogP contribution in [0, 0.1) is 0 Å². The molecule has 1 aromatic rings. The molecule has 4 N–H and O–H groups in total. The van der Waals surface area contributed by atoms with E-state index in [0.717, 1.165) is 18.4 Å². The smallest absolute Gasteiger partial charge is 0.213 e. The third kappa shape index (κ3) is 7.00. The lowest BCUT2D eigenvalue weighted by molar-refractivity contribution is 0.412. The Morgan fingerprint density at radius 2 is 1.87 bits per heavy atom. The molecule has 0 aliphatic heterocycles. The highest BCUT2D eigenvalue weighted by Gasteiger charge is 2.14. The number of benzene rings is 1. The number of sulfonamides is 1. The summed E-state index contributed by atoms with van der Waals surface area (Å²) in [6.45, 7) is 0.457. The van der Waals surface area contributed by atoms with E-state index >= 15 is 0 Å². The van der Waals surface area contributed by atoms with Crippen LogP contribution in [0.5, 0.6) is 0 Å². The van der Waals surface area contributed by atoms with Gasteiger partial charge in [0.15, 0.2) is 5.96 Å². The van der Waals surface area contributed by atoms with Crippen LogP contribution >= 0.6 is 0 Å². The van der Waals surface area contributed by atoms with Gasteiger partial charge in [0.25, 0.3) is 0 Å². The van der Waals surface area contributed by atoms with Crippen LogP contribution in [0.1, 0.15) is 37.7 Å². The number of hydrogen-bond acceptors (Lipinski definition) is 3. The molecule has 0 aromatic heterocycles. The first-order valence-corrected chi connectivity index (χ1v) is 9.78. The maximum atomic E-state index is 11.9. The van der Waals surface area contributed by atoms with E-state index in [1.54, 1.807) is 0 Å². The average Bonchev–Trinajstić information content (AvgIpc) is 2.55. The topological polar surface area (TPSA) is 96.6 Å². The molecule has 0 saturated heterocycles. The summed E-state index contributed by atoms with van der Waals surface area (Å²) in [7, 11) is -3.35. The van der Waals surface area contributed by atoms with Crippen molar-refractivity contribution in [2.75, 3.05) is 12.3 Å². The van der Waals surface area contributed by atoms with Crippen LogP contribution < -0.4 is 15.8 Å². The van der Waals surface area contributed by atoms with Crippen LogP contribution in [-0.2, 0) is 16.6 Å². The van der Waals surface area contributed by atoms with Gasteiger partial charge < -0.3 is 11.1 Å². The molecule has 1 saturated carbocycles. The van der Waals surface area contributed by atoms with E-state index in [4.69, 9.17) is 5.73 Å². The molecule has 0 amide bonds. The predicted molar refractivity (Wildman–Crippen MR) is 93.6 cm³/mol. The molecule has 7 heteroatoms. The van der Waals surface area contributed by atoms with Crippen LogP contribution in [-0.4, -0.2) is 32.7 Å². The Bertz CT molecular complexity index is 596. The molecule has 0 radical (unpaired) electrons. The molecular weight excluding hydrogens is 312 g/mol. The van der Waals surface area contributed by atoms with Crippen molar-refractivity contribution in [1.82, 2.24) is 10.0 Å². The van der Waals surface area contributed by atoms with Crippen LogP contribution in [0.25, 0.3) is 0 Å². The summed E-state index contributed by atoms with van der Waals surface area (Å²) in [5.41, 5.74) is 6.75. The molecule has 0 atom stereocenters. The number of nitrogens with two attached hydrogens (primary N) is 1. The fourth-order valence-electron chi connectivity index (χ4n) is 2.65. The fraction of sp³-hybridized carbons (Fsp3) is 0.562. The Kier molecular flexibility index (Phi) is 6.85. The Balaban J connectivity index is 1.71. The molecule has 23 heavy (non-hydrogen) atoms. The van der Waals surface area contributed by atoms with Crippen LogP contribution in [0.4, 0.5) is 0 Å². The van der Waals surface area contributed by atoms with Crippen molar-refractivity contribution < 1.29 is 8.42 Å². The standard InChI is InChI=1S/C16H26N4O2S/c17-16(20-15-9-5-2-6-10-15)18-11-12-23(21,22)19-13-14-7-3-1-4-8-14/h1,3-4,7-8,15,19H,2,5-6,9-13H2,(H3,17,18,20). The molecule has 0 spiro atoms. The largest absolute Gasteiger partial charge is 0.370 e. The lowest BCUT2D eigenvalue weighted by Gasteiger charge is -2.23. The molecule has 2 rings (SSSR count). The Hall–Kier alpha value is -1.60. The minimum Gasteiger partial charge on any atom is -0.370 e. The second kappa shape index (κ2) is 8.88. The Morgan fingerprint density at radius 1 is 1.17 bits per heavy atom. The summed E-state index contributed by atoms with van der Waals surface area (Å²) in [6.07, 6.45) is 5.91. The monoisotopic (exact) mass is 338 g/mol. The normalized spacial score (nSPS) is 17.1. The number of guanidine groups is 1. The van der Waals surface area contributed by atoms with Gasteiger partial charge in [0.2, 0.25) is 10.0 Å². The molecule has 6 nitrogen and oxygen atoms in total.